The number of Topliss-reactive ketones (excluding diaryl/α,β-unsaturated/α-hetero) is 1. The standard InChI is InChI=1S/C24H23NO4/c1-17-7-2-3-11-21(17)22(12-13-23(26)27)24(28)18-8-6-10-20(15-18)29-16-19-9-4-5-14-25-19/h2-11,14-15,22H,12-13,16H2,1H3,(H,26,27). The number of ether oxygens (including phenoxy) is 1. The highest BCUT2D eigenvalue weighted by molar-refractivity contribution is 6.01. The van der Waals surface area contributed by atoms with Crippen LogP contribution in [0.4, 0.5) is 0 Å². The lowest BCUT2D eigenvalue weighted by Gasteiger charge is -2.18. The van der Waals surface area contributed by atoms with Crippen molar-refractivity contribution in [2.45, 2.75) is 32.3 Å². The number of carboxylic acids is 1. The number of pyridine rings is 1. The molecule has 0 fully saturated rings. The number of hydrogen-bond acceptors (Lipinski definition) is 4. The smallest absolute Gasteiger partial charge is 0.303 e. The summed E-state index contributed by atoms with van der Waals surface area (Å²) in [7, 11) is 0. The fraction of sp³-hybridized carbons (Fsp3) is 0.208. The molecule has 1 heterocycles. The number of carboxylic acid groups (broad SMARTS) is 1. The second-order valence-corrected chi connectivity index (χ2v) is 6.84. The first kappa shape index (κ1) is 20.3. The van der Waals surface area contributed by atoms with Crippen molar-refractivity contribution >= 4 is 11.8 Å². The van der Waals surface area contributed by atoms with Gasteiger partial charge >= 0.3 is 5.97 Å². The van der Waals surface area contributed by atoms with E-state index < -0.39 is 11.9 Å². The molecule has 29 heavy (non-hydrogen) atoms. The molecule has 0 aliphatic heterocycles. The van der Waals surface area contributed by atoms with E-state index in [1.165, 1.54) is 0 Å². The SMILES string of the molecule is Cc1ccccc1C(CCC(=O)O)C(=O)c1cccc(OCc2ccccn2)c1. The maximum absolute atomic E-state index is 13.3. The van der Waals surface area contributed by atoms with Gasteiger partial charge in [-0.3, -0.25) is 14.6 Å². The maximum atomic E-state index is 13.3. The third-order valence-electron chi connectivity index (χ3n) is 4.76. The second kappa shape index (κ2) is 9.64. The Morgan fingerprint density at radius 3 is 2.55 bits per heavy atom. The zero-order valence-electron chi connectivity index (χ0n) is 16.2. The predicted molar refractivity (Wildman–Crippen MR) is 110 cm³/mol. The third kappa shape index (κ3) is 5.51. The molecule has 0 aliphatic rings. The van der Waals surface area contributed by atoms with Crippen molar-refractivity contribution in [2.75, 3.05) is 0 Å². The number of aromatic nitrogens is 1. The average Bonchev–Trinajstić information content (AvgIpc) is 2.74. The van der Waals surface area contributed by atoms with E-state index in [2.05, 4.69) is 4.98 Å². The van der Waals surface area contributed by atoms with Gasteiger partial charge in [-0.05, 0) is 48.7 Å². The Morgan fingerprint density at radius 2 is 1.83 bits per heavy atom. The number of carbonyl (C=O) groups excluding carboxylic acids is 1. The Bertz CT molecular complexity index is 985. The molecule has 2 aromatic carbocycles. The monoisotopic (exact) mass is 389 g/mol. The molecule has 0 spiro atoms. The minimum atomic E-state index is -0.913. The molecule has 1 unspecified atom stereocenters. The van der Waals surface area contributed by atoms with Crippen LogP contribution >= 0.6 is 0 Å². The quantitative estimate of drug-likeness (QED) is 0.532. The van der Waals surface area contributed by atoms with E-state index in [1.807, 2.05) is 49.4 Å². The zero-order chi connectivity index (χ0) is 20.6. The maximum Gasteiger partial charge on any atom is 0.303 e. The molecule has 1 atom stereocenters. The number of aryl methyl sites for hydroxylation is 1. The van der Waals surface area contributed by atoms with Gasteiger partial charge in [0.1, 0.15) is 12.4 Å². The number of hydrogen-bond donors (Lipinski definition) is 1. The first-order chi connectivity index (χ1) is 14.0. The Hall–Kier alpha value is -3.47. The van der Waals surface area contributed by atoms with E-state index in [4.69, 9.17) is 9.84 Å². The number of carbonyl (C=O) groups is 2. The van der Waals surface area contributed by atoms with E-state index in [0.29, 0.717) is 17.9 Å². The van der Waals surface area contributed by atoms with Crippen LogP contribution in [-0.2, 0) is 11.4 Å². The summed E-state index contributed by atoms with van der Waals surface area (Å²) in [4.78, 5) is 28.6. The van der Waals surface area contributed by atoms with Crippen molar-refractivity contribution in [3.63, 3.8) is 0 Å². The number of ketones is 1. The third-order valence-corrected chi connectivity index (χ3v) is 4.76. The molecule has 3 rings (SSSR count). The van der Waals surface area contributed by atoms with Crippen LogP contribution in [-0.4, -0.2) is 21.8 Å². The van der Waals surface area contributed by atoms with Gasteiger partial charge in [-0.2, -0.15) is 0 Å². The van der Waals surface area contributed by atoms with E-state index in [9.17, 15) is 9.59 Å². The van der Waals surface area contributed by atoms with Gasteiger partial charge in [-0.1, -0.05) is 42.5 Å². The summed E-state index contributed by atoms with van der Waals surface area (Å²) in [6.45, 7) is 2.24. The zero-order valence-corrected chi connectivity index (χ0v) is 16.2. The van der Waals surface area contributed by atoms with Gasteiger partial charge in [0, 0.05) is 24.1 Å². The minimum absolute atomic E-state index is 0.0688. The molecule has 5 nitrogen and oxygen atoms in total. The molecule has 0 bridgehead atoms. The summed E-state index contributed by atoms with van der Waals surface area (Å²) in [5.74, 6) is -0.964. The predicted octanol–water partition coefficient (Wildman–Crippen LogP) is 4.80. The van der Waals surface area contributed by atoms with Gasteiger partial charge in [-0.15, -0.1) is 0 Å². The van der Waals surface area contributed by atoms with Crippen LogP contribution in [0, 0.1) is 6.92 Å². The Balaban J connectivity index is 1.81. The average molecular weight is 389 g/mol. The summed E-state index contributed by atoms with van der Waals surface area (Å²) in [5.41, 5.74) is 3.13. The molecule has 0 radical (unpaired) electrons. The highest BCUT2D eigenvalue weighted by Gasteiger charge is 2.24. The summed E-state index contributed by atoms with van der Waals surface area (Å²) < 4.78 is 5.78. The first-order valence-electron chi connectivity index (χ1n) is 9.49. The van der Waals surface area contributed by atoms with E-state index >= 15 is 0 Å². The van der Waals surface area contributed by atoms with Gasteiger partial charge in [0.15, 0.2) is 5.78 Å². The van der Waals surface area contributed by atoms with Crippen molar-refractivity contribution in [1.82, 2.24) is 4.98 Å². The molecule has 5 heteroatoms. The summed E-state index contributed by atoms with van der Waals surface area (Å²) in [6.07, 6.45) is 1.88. The fourth-order valence-electron chi connectivity index (χ4n) is 3.25. The van der Waals surface area contributed by atoms with E-state index in [1.54, 1.807) is 30.5 Å². The van der Waals surface area contributed by atoms with Crippen molar-refractivity contribution < 1.29 is 19.4 Å². The van der Waals surface area contributed by atoms with Crippen LogP contribution in [0.5, 0.6) is 5.75 Å². The van der Waals surface area contributed by atoms with Crippen LogP contribution < -0.4 is 4.74 Å². The molecule has 1 aromatic heterocycles. The molecule has 148 valence electrons. The fourth-order valence-corrected chi connectivity index (χ4v) is 3.25. The lowest BCUT2D eigenvalue weighted by molar-refractivity contribution is -0.137. The van der Waals surface area contributed by atoms with Gasteiger partial charge in [0.25, 0.3) is 0 Å². The second-order valence-electron chi connectivity index (χ2n) is 6.84. The number of benzene rings is 2. The van der Waals surface area contributed by atoms with Crippen molar-refractivity contribution in [3.8, 4) is 5.75 Å². The Kier molecular flexibility index (Phi) is 6.74. The largest absolute Gasteiger partial charge is 0.487 e. The van der Waals surface area contributed by atoms with Crippen molar-refractivity contribution in [3.05, 3.63) is 95.3 Å². The number of aliphatic carboxylic acids is 1. The first-order valence-corrected chi connectivity index (χ1v) is 9.49. The van der Waals surface area contributed by atoms with Crippen molar-refractivity contribution in [2.24, 2.45) is 0 Å². The summed E-state index contributed by atoms with van der Waals surface area (Å²) in [6, 6.07) is 20.2. The number of nitrogens with zero attached hydrogens (tertiary/aromatic N) is 1. The van der Waals surface area contributed by atoms with Gasteiger partial charge in [0.05, 0.1) is 5.69 Å². The van der Waals surface area contributed by atoms with Gasteiger partial charge < -0.3 is 9.84 Å². The summed E-state index contributed by atoms with van der Waals surface area (Å²) in [5, 5.41) is 9.12. The number of rotatable bonds is 9. The molecule has 0 aliphatic carbocycles. The molecular weight excluding hydrogens is 366 g/mol. The van der Waals surface area contributed by atoms with Crippen LogP contribution in [0.3, 0.4) is 0 Å². The van der Waals surface area contributed by atoms with E-state index in [0.717, 1.165) is 16.8 Å². The molecule has 1 N–H and O–H groups in total. The molecule has 0 saturated heterocycles. The van der Waals surface area contributed by atoms with Crippen LogP contribution in [0.2, 0.25) is 0 Å². The highest BCUT2D eigenvalue weighted by atomic mass is 16.5. The van der Waals surface area contributed by atoms with Gasteiger partial charge in [-0.25, -0.2) is 0 Å². The Labute approximate surface area is 170 Å². The van der Waals surface area contributed by atoms with Crippen LogP contribution in [0.15, 0.2) is 72.9 Å². The van der Waals surface area contributed by atoms with Crippen LogP contribution in [0.1, 0.15) is 45.9 Å². The van der Waals surface area contributed by atoms with Gasteiger partial charge in [0.2, 0.25) is 0 Å². The van der Waals surface area contributed by atoms with Crippen molar-refractivity contribution in [1.29, 1.82) is 0 Å². The normalized spacial score (nSPS) is 11.6. The molecule has 0 saturated carbocycles. The lowest BCUT2D eigenvalue weighted by atomic mass is 9.85. The molecule has 3 aromatic rings. The highest BCUT2D eigenvalue weighted by Crippen LogP contribution is 2.29. The lowest BCUT2D eigenvalue weighted by Crippen LogP contribution is -2.16. The minimum Gasteiger partial charge on any atom is -0.487 e. The molecule has 0 amide bonds. The Morgan fingerprint density at radius 1 is 1.03 bits per heavy atom. The van der Waals surface area contributed by atoms with Crippen LogP contribution in [0.25, 0.3) is 0 Å². The van der Waals surface area contributed by atoms with E-state index in [-0.39, 0.29) is 18.6 Å². The molecular formula is C24H23NO4. The topological polar surface area (TPSA) is 76.5 Å². The summed E-state index contributed by atoms with van der Waals surface area (Å²) >= 11 is 0.